The van der Waals surface area contributed by atoms with Gasteiger partial charge in [0.25, 0.3) is 0 Å². The Labute approximate surface area is 113 Å². The first-order valence-corrected chi connectivity index (χ1v) is 7.08. The predicted octanol–water partition coefficient (Wildman–Crippen LogP) is 2.18. The van der Waals surface area contributed by atoms with Gasteiger partial charge in [0, 0.05) is 18.6 Å². The van der Waals surface area contributed by atoms with E-state index in [4.69, 9.17) is 9.47 Å². The average Bonchev–Trinajstić information content (AvgIpc) is 2.93. The average molecular weight is 263 g/mol. The second-order valence-corrected chi connectivity index (χ2v) is 5.27. The molecule has 1 saturated heterocycles. The molecular weight excluding hydrogens is 242 g/mol. The molecule has 19 heavy (non-hydrogen) atoms. The van der Waals surface area contributed by atoms with Crippen LogP contribution in [0, 0.1) is 5.92 Å². The molecule has 0 radical (unpaired) electrons. The number of benzene rings is 1. The van der Waals surface area contributed by atoms with Crippen LogP contribution >= 0.6 is 0 Å². The van der Waals surface area contributed by atoms with Crippen LogP contribution in [0.15, 0.2) is 18.2 Å². The molecule has 0 spiro atoms. The lowest BCUT2D eigenvalue weighted by Gasteiger charge is -2.40. The highest BCUT2D eigenvalue weighted by Crippen LogP contribution is 2.40. The van der Waals surface area contributed by atoms with Crippen molar-refractivity contribution in [1.82, 2.24) is 4.90 Å². The summed E-state index contributed by atoms with van der Waals surface area (Å²) in [5.74, 6) is 1.97. The van der Waals surface area contributed by atoms with Crippen molar-refractivity contribution in [2.75, 3.05) is 26.5 Å². The fourth-order valence-electron chi connectivity index (χ4n) is 3.28. The first-order chi connectivity index (χ1) is 9.33. The molecule has 1 fully saturated rings. The lowest BCUT2D eigenvalue weighted by atomic mass is 9.85. The van der Waals surface area contributed by atoms with E-state index in [1.54, 1.807) is 0 Å². The fourth-order valence-corrected chi connectivity index (χ4v) is 3.28. The molecule has 1 N–H and O–H groups in total. The van der Waals surface area contributed by atoms with E-state index in [0.29, 0.717) is 18.8 Å². The zero-order valence-electron chi connectivity index (χ0n) is 11.3. The highest BCUT2D eigenvalue weighted by atomic mass is 16.7. The third-order valence-corrected chi connectivity index (χ3v) is 4.24. The van der Waals surface area contributed by atoms with E-state index in [2.05, 4.69) is 24.0 Å². The van der Waals surface area contributed by atoms with Gasteiger partial charge in [0.15, 0.2) is 11.5 Å². The summed E-state index contributed by atoms with van der Waals surface area (Å²) >= 11 is 0. The molecular formula is C15H21NO3. The zero-order valence-corrected chi connectivity index (χ0v) is 11.3. The van der Waals surface area contributed by atoms with Gasteiger partial charge in [0.2, 0.25) is 6.79 Å². The molecule has 0 bridgehead atoms. The second kappa shape index (κ2) is 5.39. The van der Waals surface area contributed by atoms with Crippen LogP contribution in [-0.2, 0) is 0 Å². The first-order valence-electron chi connectivity index (χ1n) is 7.08. The monoisotopic (exact) mass is 263 g/mol. The summed E-state index contributed by atoms with van der Waals surface area (Å²) in [5.41, 5.74) is 1.23. The largest absolute Gasteiger partial charge is 0.454 e. The van der Waals surface area contributed by atoms with Crippen LogP contribution in [0.5, 0.6) is 11.5 Å². The number of hydrogen-bond acceptors (Lipinski definition) is 4. The molecule has 0 saturated carbocycles. The molecule has 104 valence electrons. The van der Waals surface area contributed by atoms with Crippen molar-refractivity contribution in [2.24, 2.45) is 5.92 Å². The Morgan fingerprint density at radius 3 is 2.95 bits per heavy atom. The van der Waals surface area contributed by atoms with Crippen molar-refractivity contribution in [3.63, 3.8) is 0 Å². The zero-order chi connectivity index (χ0) is 13.2. The van der Waals surface area contributed by atoms with Crippen LogP contribution in [0.4, 0.5) is 0 Å². The number of likely N-dealkylation sites (tertiary alicyclic amines) is 1. The van der Waals surface area contributed by atoms with E-state index in [-0.39, 0.29) is 6.61 Å². The Balaban J connectivity index is 1.92. The maximum atomic E-state index is 9.65. The third kappa shape index (κ3) is 2.30. The molecule has 1 aromatic rings. The predicted molar refractivity (Wildman–Crippen MR) is 72.4 cm³/mol. The Hall–Kier alpha value is -1.26. The van der Waals surface area contributed by atoms with E-state index in [1.165, 1.54) is 12.0 Å². The fraction of sp³-hybridized carbons (Fsp3) is 0.600. The molecule has 0 aliphatic carbocycles. The number of nitrogens with zero attached hydrogens (tertiary/aromatic N) is 1. The van der Waals surface area contributed by atoms with Crippen molar-refractivity contribution >= 4 is 0 Å². The van der Waals surface area contributed by atoms with Gasteiger partial charge in [0.05, 0.1) is 0 Å². The summed E-state index contributed by atoms with van der Waals surface area (Å²) in [6.07, 6.45) is 2.26. The van der Waals surface area contributed by atoms with Gasteiger partial charge in [-0.15, -0.1) is 0 Å². The van der Waals surface area contributed by atoms with Crippen molar-refractivity contribution in [1.29, 1.82) is 0 Å². The Bertz CT molecular complexity index is 437. The number of hydrogen-bond donors (Lipinski definition) is 1. The normalized spacial score (nSPS) is 26.6. The van der Waals surface area contributed by atoms with Crippen molar-refractivity contribution in [3.8, 4) is 11.5 Å². The molecule has 4 heteroatoms. The number of fused-ring (bicyclic) bond motifs is 1. The summed E-state index contributed by atoms with van der Waals surface area (Å²) in [6, 6.07) is 6.45. The molecule has 2 atom stereocenters. The minimum atomic E-state index is 0.246. The molecule has 2 aliphatic rings. The van der Waals surface area contributed by atoms with Crippen LogP contribution in [0.1, 0.15) is 31.4 Å². The highest BCUT2D eigenvalue weighted by Gasteiger charge is 2.32. The summed E-state index contributed by atoms with van der Waals surface area (Å²) in [7, 11) is 0. The number of aliphatic hydroxyl groups is 1. The van der Waals surface area contributed by atoms with E-state index in [1.807, 2.05) is 6.07 Å². The number of aliphatic hydroxyl groups excluding tert-OH is 1. The van der Waals surface area contributed by atoms with Gasteiger partial charge in [-0.3, -0.25) is 4.90 Å². The van der Waals surface area contributed by atoms with E-state index < -0.39 is 0 Å². The SMILES string of the molecule is CCN1CCCC(CO)C1c1ccc2c(c1)OCO2. The summed E-state index contributed by atoms with van der Waals surface area (Å²) in [6.45, 7) is 4.85. The highest BCUT2D eigenvalue weighted by molar-refractivity contribution is 5.45. The summed E-state index contributed by atoms with van der Waals surface area (Å²) in [4.78, 5) is 2.45. The van der Waals surface area contributed by atoms with Gasteiger partial charge < -0.3 is 14.6 Å². The number of piperidine rings is 1. The lowest BCUT2D eigenvalue weighted by Crippen LogP contribution is -2.40. The van der Waals surface area contributed by atoms with Crippen LogP contribution in [0.25, 0.3) is 0 Å². The van der Waals surface area contributed by atoms with Crippen LogP contribution in [-0.4, -0.2) is 36.5 Å². The van der Waals surface area contributed by atoms with Gasteiger partial charge in [-0.25, -0.2) is 0 Å². The maximum absolute atomic E-state index is 9.65. The van der Waals surface area contributed by atoms with E-state index in [0.717, 1.165) is 31.0 Å². The summed E-state index contributed by atoms with van der Waals surface area (Å²) in [5, 5.41) is 9.65. The minimum absolute atomic E-state index is 0.246. The van der Waals surface area contributed by atoms with Crippen LogP contribution in [0.3, 0.4) is 0 Å². The van der Waals surface area contributed by atoms with Crippen molar-refractivity contribution < 1.29 is 14.6 Å². The topological polar surface area (TPSA) is 41.9 Å². The van der Waals surface area contributed by atoms with Crippen LogP contribution in [0.2, 0.25) is 0 Å². The molecule has 2 aliphatic heterocycles. The molecule has 4 nitrogen and oxygen atoms in total. The number of rotatable bonds is 3. The minimum Gasteiger partial charge on any atom is -0.454 e. The second-order valence-electron chi connectivity index (χ2n) is 5.27. The van der Waals surface area contributed by atoms with Gasteiger partial charge in [-0.05, 0) is 43.6 Å². The molecule has 0 aromatic heterocycles. The van der Waals surface area contributed by atoms with Crippen LogP contribution < -0.4 is 9.47 Å². The third-order valence-electron chi connectivity index (χ3n) is 4.24. The molecule has 3 rings (SSSR count). The maximum Gasteiger partial charge on any atom is 0.231 e. The molecule has 0 amide bonds. The lowest BCUT2D eigenvalue weighted by molar-refractivity contribution is 0.0589. The molecule has 1 aromatic carbocycles. The first kappa shape index (κ1) is 12.8. The molecule has 2 unspecified atom stereocenters. The summed E-state index contributed by atoms with van der Waals surface area (Å²) < 4.78 is 10.8. The van der Waals surface area contributed by atoms with Crippen molar-refractivity contribution in [2.45, 2.75) is 25.8 Å². The van der Waals surface area contributed by atoms with E-state index in [9.17, 15) is 5.11 Å². The standard InChI is InChI=1S/C15H21NO3/c1-2-16-7-3-4-12(9-17)15(16)11-5-6-13-14(8-11)19-10-18-13/h5-6,8,12,15,17H,2-4,7,9-10H2,1H3. The van der Waals surface area contributed by atoms with Gasteiger partial charge in [0.1, 0.15) is 0 Å². The Morgan fingerprint density at radius 2 is 2.16 bits per heavy atom. The Morgan fingerprint density at radius 1 is 1.32 bits per heavy atom. The van der Waals surface area contributed by atoms with Gasteiger partial charge >= 0.3 is 0 Å². The smallest absolute Gasteiger partial charge is 0.231 e. The van der Waals surface area contributed by atoms with Gasteiger partial charge in [-0.1, -0.05) is 13.0 Å². The van der Waals surface area contributed by atoms with Crippen molar-refractivity contribution in [3.05, 3.63) is 23.8 Å². The quantitative estimate of drug-likeness (QED) is 0.907. The number of ether oxygens (including phenoxy) is 2. The molecule has 2 heterocycles. The Kier molecular flexibility index (Phi) is 3.62. The van der Waals surface area contributed by atoms with E-state index >= 15 is 0 Å². The van der Waals surface area contributed by atoms with Gasteiger partial charge in [-0.2, -0.15) is 0 Å².